The molecule has 0 amide bonds. The highest BCUT2D eigenvalue weighted by molar-refractivity contribution is 5.08. The van der Waals surface area contributed by atoms with Gasteiger partial charge in [-0.1, -0.05) is 33.1 Å². The minimum atomic E-state index is 0.503. The molecule has 2 aliphatic carbocycles. The van der Waals surface area contributed by atoms with Crippen LogP contribution in [-0.2, 0) is 4.74 Å². The quantitative estimate of drug-likeness (QED) is 0.766. The van der Waals surface area contributed by atoms with E-state index in [2.05, 4.69) is 19.2 Å². The topological polar surface area (TPSA) is 21.3 Å². The number of ether oxygens (including phenoxy) is 1. The molecule has 2 nitrogen and oxygen atoms in total. The number of rotatable bonds is 6. The summed E-state index contributed by atoms with van der Waals surface area (Å²) in [6.07, 6.45) is 11.2. The molecule has 0 aliphatic heterocycles. The molecule has 2 fully saturated rings. The monoisotopic (exact) mass is 239 g/mol. The van der Waals surface area contributed by atoms with Gasteiger partial charge in [0, 0.05) is 18.1 Å². The highest BCUT2D eigenvalue weighted by Gasteiger charge is 2.55. The average molecular weight is 239 g/mol. The van der Waals surface area contributed by atoms with Crippen molar-refractivity contribution < 1.29 is 4.74 Å². The van der Waals surface area contributed by atoms with Crippen LogP contribution in [0.3, 0.4) is 0 Å². The van der Waals surface area contributed by atoms with E-state index in [1.54, 1.807) is 0 Å². The Labute approximate surface area is 107 Å². The lowest BCUT2D eigenvalue weighted by Gasteiger charge is -2.58. The summed E-state index contributed by atoms with van der Waals surface area (Å²) in [5.41, 5.74) is 0.503. The Morgan fingerprint density at radius 1 is 1.12 bits per heavy atom. The molecule has 2 saturated carbocycles. The Morgan fingerprint density at radius 3 is 2.53 bits per heavy atom. The maximum absolute atomic E-state index is 6.09. The van der Waals surface area contributed by atoms with Crippen molar-refractivity contribution in [2.45, 2.75) is 77.4 Å². The molecule has 2 unspecified atom stereocenters. The molecular weight excluding hydrogens is 210 g/mol. The van der Waals surface area contributed by atoms with Crippen molar-refractivity contribution in [2.75, 3.05) is 13.2 Å². The van der Waals surface area contributed by atoms with Gasteiger partial charge in [0.15, 0.2) is 0 Å². The summed E-state index contributed by atoms with van der Waals surface area (Å²) in [4.78, 5) is 0. The van der Waals surface area contributed by atoms with Crippen LogP contribution in [0.2, 0.25) is 0 Å². The third-order valence-corrected chi connectivity index (χ3v) is 4.73. The number of hydrogen-bond acceptors (Lipinski definition) is 2. The predicted molar refractivity (Wildman–Crippen MR) is 72.2 cm³/mol. The molecule has 1 spiro atoms. The van der Waals surface area contributed by atoms with Crippen molar-refractivity contribution >= 4 is 0 Å². The maximum atomic E-state index is 6.09. The summed E-state index contributed by atoms with van der Waals surface area (Å²) in [6, 6.07) is 0.740. The lowest BCUT2D eigenvalue weighted by atomic mass is 9.55. The molecule has 0 heterocycles. The second kappa shape index (κ2) is 6.19. The minimum Gasteiger partial charge on any atom is -0.378 e. The van der Waals surface area contributed by atoms with E-state index in [0.717, 1.165) is 19.1 Å². The summed E-state index contributed by atoms with van der Waals surface area (Å²) in [6.45, 7) is 6.59. The molecule has 2 rings (SSSR count). The lowest BCUT2D eigenvalue weighted by Crippen LogP contribution is -2.64. The van der Waals surface area contributed by atoms with Crippen molar-refractivity contribution in [2.24, 2.45) is 5.41 Å². The average Bonchev–Trinajstić information content (AvgIpc) is 2.38. The summed E-state index contributed by atoms with van der Waals surface area (Å²) >= 11 is 0. The van der Waals surface area contributed by atoms with Crippen molar-refractivity contribution in [1.82, 2.24) is 5.32 Å². The molecule has 0 aromatic carbocycles. The molecule has 1 N–H and O–H groups in total. The Hall–Kier alpha value is -0.0800. The van der Waals surface area contributed by atoms with Gasteiger partial charge in [0.25, 0.3) is 0 Å². The van der Waals surface area contributed by atoms with Gasteiger partial charge in [-0.3, -0.25) is 0 Å². The first-order valence-electron chi connectivity index (χ1n) is 7.68. The molecule has 0 radical (unpaired) electrons. The fraction of sp³-hybridized carbons (Fsp3) is 1.00. The molecule has 100 valence electrons. The zero-order chi connectivity index (χ0) is 12.1. The van der Waals surface area contributed by atoms with Crippen LogP contribution in [0, 0.1) is 5.41 Å². The number of hydrogen-bond donors (Lipinski definition) is 1. The van der Waals surface area contributed by atoms with Gasteiger partial charge in [0.2, 0.25) is 0 Å². The second-order valence-electron chi connectivity index (χ2n) is 5.90. The van der Waals surface area contributed by atoms with Gasteiger partial charge in [0.05, 0.1) is 6.10 Å². The van der Waals surface area contributed by atoms with Crippen LogP contribution in [-0.4, -0.2) is 25.3 Å². The molecule has 2 aliphatic rings. The van der Waals surface area contributed by atoms with Gasteiger partial charge in [-0.05, 0) is 38.6 Å². The summed E-state index contributed by atoms with van der Waals surface area (Å²) in [5.74, 6) is 0. The largest absolute Gasteiger partial charge is 0.378 e. The third kappa shape index (κ3) is 2.68. The first-order chi connectivity index (χ1) is 8.33. The SMILES string of the molecule is CCCNC1CC(OCCC)C12CCCCC2. The fourth-order valence-electron chi connectivity index (χ4n) is 3.73. The van der Waals surface area contributed by atoms with Crippen molar-refractivity contribution in [3.63, 3.8) is 0 Å². The van der Waals surface area contributed by atoms with Gasteiger partial charge >= 0.3 is 0 Å². The number of nitrogens with one attached hydrogen (secondary N) is 1. The molecule has 0 saturated heterocycles. The second-order valence-corrected chi connectivity index (χ2v) is 5.90. The normalized spacial score (nSPS) is 31.4. The Kier molecular flexibility index (Phi) is 4.87. The highest BCUT2D eigenvalue weighted by atomic mass is 16.5. The third-order valence-electron chi connectivity index (χ3n) is 4.73. The molecule has 0 aromatic rings. The first kappa shape index (κ1) is 13.4. The van der Waals surface area contributed by atoms with Gasteiger partial charge in [0.1, 0.15) is 0 Å². The van der Waals surface area contributed by atoms with Crippen molar-refractivity contribution in [3.05, 3.63) is 0 Å². The van der Waals surface area contributed by atoms with Gasteiger partial charge in [-0.2, -0.15) is 0 Å². The zero-order valence-electron chi connectivity index (χ0n) is 11.6. The van der Waals surface area contributed by atoms with Gasteiger partial charge in [-0.25, -0.2) is 0 Å². The van der Waals surface area contributed by atoms with Gasteiger partial charge in [-0.15, -0.1) is 0 Å². The minimum absolute atomic E-state index is 0.503. The maximum Gasteiger partial charge on any atom is 0.0661 e. The van der Waals surface area contributed by atoms with Gasteiger partial charge < -0.3 is 10.1 Å². The van der Waals surface area contributed by atoms with Crippen molar-refractivity contribution in [3.8, 4) is 0 Å². The Bertz CT molecular complexity index is 207. The van der Waals surface area contributed by atoms with Crippen LogP contribution in [0.25, 0.3) is 0 Å². The Morgan fingerprint density at radius 2 is 1.88 bits per heavy atom. The van der Waals surface area contributed by atoms with Crippen LogP contribution < -0.4 is 5.32 Å². The predicted octanol–water partition coefficient (Wildman–Crippen LogP) is 3.50. The van der Waals surface area contributed by atoms with Crippen LogP contribution in [0.1, 0.15) is 65.2 Å². The van der Waals surface area contributed by atoms with Crippen LogP contribution in [0.15, 0.2) is 0 Å². The Balaban J connectivity index is 1.91. The molecule has 2 atom stereocenters. The molecule has 2 heteroatoms. The van der Waals surface area contributed by atoms with E-state index in [9.17, 15) is 0 Å². The van der Waals surface area contributed by atoms with E-state index < -0.39 is 0 Å². The standard InChI is InChI=1S/C15H29NO/c1-3-10-16-13-12-14(17-11-4-2)15(13)8-6-5-7-9-15/h13-14,16H,3-12H2,1-2H3. The summed E-state index contributed by atoms with van der Waals surface area (Å²) < 4.78 is 6.09. The summed E-state index contributed by atoms with van der Waals surface area (Å²) in [7, 11) is 0. The van der Waals surface area contributed by atoms with E-state index in [1.807, 2.05) is 0 Å². The van der Waals surface area contributed by atoms with Crippen LogP contribution in [0.4, 0.5) is 0 Å². The fourth-order valence-corrected chi connectivity index (χ4v) is 3.73. The van der Waals surface area contributed by atoms with E-state index >= 15 is 0 Å². The highest BCUT2D eigenvalue weighted by Crippen LogP contribution is 2.53. The smallest absolute Gasteiger partial charge is 0.0661 e. The molecule has 0 aromatic heterocycles. The first-order valence-corrected chi connectivity index (χ1v) is 7.68. The zero-order valence-corrected chi connectivity index (χ0v) is 11.6. The van der Waals surface area contributed by atoms with Crippen LogP contribution in [0.5, 0.6) is 0 Å². The molecule has 0 bridgehead atoms. The lowest BCUT2D eigenvalue weighted by molar-refractivity contribution is -0.152. The summed E-state index contributed by atoms with van der Waals surface area (Å²) in [5, 5.41) is 3.76. The van der Waals surface area contributed by atoms with E-state index in [0.29, 0.717) is 11.5 Å². The molecular formula is C15H29NO. The van der Waals surface area contributed by atoms with Crippen molar-refractivity contribution in [1.29, 1.82) is 0 Å². The van der Waals surface area contributed by atoms with Crippen LogP contribution >= 0.6 is 0 Å². The molecule has 17 heavy (non-hydrogen) atoms. The van der Waals surface area contributed by atoms with E-state index in [-0.39, 0.29) is 0 Å². The van der Waals surface area contributed by atoms with E-state index in [1.165, 1.54) is 51.5 Å². The van der Waals surface area contributed by atoms with E-state index in [4.69, 9.17) is 4.74 Å².